The summed E-state index contributed by atoms with van der Waals surface area (Å²) in [6.45, 7) is 2.20. The van der Waals surface area contributed by atoms with Gasteiger partial charge in [-0.2, -0.15) is 5.26 Å². The number of rotatable bonds is 6. The zero-order valence-corrected chi connectivity index (χ0v) is 14.7. The number of hydrogen-bond donors (Lipinski definition) is 1. The van der Waals surface area contributed by atoms with Gasteiger partial charge in [-0.3, -0.25) is 4.79 Å². The van der Waals surface area contributed by atoms with Gasteiger partial charge in [0.1, 0.15) is 0 Å². The second-order valence-electron chi connectivity index (χ2n) is 6.79. The third-order valence-electron chi connectivity index (χ3n) is 5.46. The Bertz CT molecular complexity index is 423. The quantitative estimate of drug-likeness (QED) is 0.733. The van der Waals surface area contributed by atoms with Gasteiger partial charge in [0, 0.05) is 18.9 Å². The molecule has 0 aromatic carbocycles. The Balaban J connectivity index is 1.98. The lowest BCUT2D eigenvalue weighted by molar-refractivity contribution is -0.119. The molecule has 0 radical (unpaired) electrons. The van der Waals surface area contributed by atoms with Crippen LogP contribution >= 0.6 is 23.2 Å². The second kappa shape index (κ2) is 8.41. The molecule has 0 bridgehead atoms. The van der Waals surface area contributed by atoms with Crippen LogP contribution in [0.15, 0.2) is 0 Å². The third-order valence-corrected chi connectivity index (χ3v) is 6.68. The Labute approximate surface area is 143 Å². The second-order valence-corrected chi connectivity index (χ2v) is 7.85. The highest BCUT2D eigenvalue weighted by Gasteiger charge is 2.41. The molecule has 0 spiro atoms. The van der Waals surface area contributed by atoms with E-state index in [0.717, 1.165) is 38.5 Å². The first kappa shape index (κ1) is 17.9. The normalized spacial score (nSPS) is 36.6. The van der Waals surface area contributed by atoms with E-state index in [4.69, 9.17) is 28.5 Å². The van der Waals surface area contributed by atoms with Crippen molar-refractivity contribution < 1.29 is 4.79 Å². The van der Waals surface area contributed by atoms with E-state index in [9.17, 15) is 4.79 Å². The largest absolute Gasteiger partial charge is 0.353 e. The van der Waals surface area contributed by atoms with Gasteiger partial charge < -0.3 is 5.32 Å². The van der Waals surface area contributed by atoms with Gasteiger partial charge in [-0.05, 0) is 49.9 Å². The highest BCUT2D eigenvalue weighted by atomic mass is 35.5. The molecule has 0 aromatic heterocycles. The van der Waals surface area contributed by atoms with Crippen LogP contribution in [0.3, 0.4) is 0 Å². The molecule has 22 heavy (non-hydrogen) atoms. The summed E-state index contributed by atoms with van der Waals surface area (Å²) < 4.78 is 0. The standard InChI is InChI=1S/C17H26Cl2N2O/c1-2-11(3-5-13-6-8-15(22)21-13)16-12(9-10-20)4-7-14(18)17(16)19/h11-14,16-17H,2-9H2,1H3,(H,21,22). The first-order chi connectivity index (χ1) is 10.6. The van der Waals surface area contributed by atoms with Crippen LogP contribution in [0.5, 0.6) is 0 Å². The molecule has 1 amide bonds. The van der Waals surface area contributed by atoms with Crippen molar-refractivity contribution in [2.45, 2.75) is 75.1 Å². The van der Waals surface area contributed by atoms with Crippen molar-refractivity contribution in [1.29, 1.82) is 5.26 Å². The molecule has 0 aromatic rings. The number of carbonyl (C=O) groups excluding carboxylic acids is 1. The number of nitriles is 1. The van der Waals surface area contributed by atoms with Crippen LogP contribution in [0.2, 0.25) is 0 Å². The van der Waals surface area contributed by atoms with Gasteiger partial charge in [0.05, 0.1) is 16.8 Å². The SMILES string of the molecule is CCC(CCC1CCC(=O)N1)C1C(CC#N)CCC(Cl)C1Cl. The molecule has 1 heterocycles. The van der Waals surface area contributed by atoms with Crippen molar-refractivity contribution in [1.82, 2.24) is 5.32 Å². The Hall–Kier alpha value is -0.460. The van der Waals surface area contributed by atoms with Crippen molar-refractivity contribution in [3.8, 4) is 6.07 Å². The van der Waals surface area contributed by atoms with Crippen LogP contribution in [0.25, 0.3) is 0 Å². The Kier molecular flexibility index (Phi) is 6.84. The minimum Gasteiger partial charge on any atom is -0.353 e. The summed E-state index contributed by atoms with van der Waals surface area (Å²) in [4.78, 5) is 11.3. The lowest BCUT2D eigenvalue weighted by Crippen LogP contribution is -2.41. The molecule has 2 aliphatic rings. The molecule has 1 aliphatic heterocycles. The van der Waals surface area contributed by atoms with Crippen molar-refractivity contribution in [3.63, 3.8) is 0 Å². The summed E-state index contributed by atoms with van der Waals surface area (Å²) in [5.41, 5.74) is 0. The minimum absolute atomic E-state index is 0.0156. The molecule has 2 rings (SSSR count). The minimum atomic E-state index is -0.0446. The topological polar surface area (TPSA) is 52.9 Å². The van der Waals surface area contributed by atoms with Crippen molar-refractivity contribution >= 4 is 29.1 Å². The Morgan fingerprint density at radius 3 is 2.73 bits per heavy atom. The molecular formula is C17H26Cl2N2O. The molecule has 1 saturated carbocycles. The average molecular weight is 345 g/mol. The maximum absolute atomic E-state index is 11.3. The number of hydrogen-bond acceptors (Lipinski definition) is 2. The number of halogens is 2. The Morgan fingerprint density at radius 1 is 1.36 bits per heavy atom. The van der Waals surface area contributed by atoms with E-state index < -0.39 is 0 Å². The van der Waals surface area contributed by atoms with Crippen molar-refractivity contribution in [2.75, 3.05) is 0 Å². The fourth-order valence-corrected chi connectivity index (χ4v) is 5.04. The molecule has 1 aliphatic carbocycles. The van der Waals surface area contributed by atoms with Gasteiger partial charge in [0.25, 0.3) is 0 Å². The van der Waals surface area contributed by atoms with E-state index in [1.54, 1.807) is 0 Å². The maximum atomic E-state index is 11.3. The molecule has 2 fully saturated rings. The van der Waals surface area contributed by atoms with Crippen molar-refractivity contribution in [2.24, 2.45) is 17.8 Å². The third kappa shape index (κ3) is 4.30. The predicted molar refractivity (Wildman–Crippen MR) is 89.9 cm³/mol. The Morgan fingerprint density at radius 2 is 2.14 bits per heavy atom. The molecule has 5 heteroatoms. The van der Waals surface area contributed by atoms with E-state index in [2.05, 4.69) is 18.3 Å². The van der Waals surface area contributed by atoms with E-state index in [-0.39, 0.29) is 16.7 Å². The first-order valence-corrected chi connectivity index (χ1v) is 9.38. The molecule has 6 unspecified atom stereocenters. The molecule has 1 N–H and O–H groups in total. The zero-order valence-electron chi connectivity index (χ0n) is 13.2. The van der Waals surface area contributed by atoms with Crippen LogP contribution in [0.1, 0.15) is 58.3 Å². The fourth-order valence-electron chi connectivity index (χ4n) is 4.20. The summed E-state index contributed by atoms with van der Waals surface area (Å²) in [5, 5.41) is 12.1. The summed E-state index contributed by atoms with van der Waals surface area (Å²) in [6.07, 6.45) is 7.22. The summed E-state index contributed by atoms with van der Waals surface area (Å²) in [7, 11) is 0. The molecule has 124 valence electrons. The highest BCUT2D eigenvalue weighted by Crippen LogP contribution is 2.44. The van der Waals surface area contributed by atoms with Gasteiger partial charge in [-0.15, -0.1) is 23.2 Å². The van der Waals surface area contributed by atoms with E-state index >= 15 is 0 Å². The average Bonchev–Trinajstić information content (AvgIpc) is 2.91. The lowest BCUT2D eigenvalue weighted by Gasteiger charge is -2.42. The monoisotopic (exact) mass is 344 g/mol. The molecule has 3 nitrogen and oxygen atoms in total. The number of alkyl halides is 2. The van der Waals surface area contributed by atoms with Gasteiger partial charge >= 0.3 is 0 Å². The summed E-state index contributed by atoms with van der Waals surface area (Å²) in [5.74, 6) is 1.35. The number of carbonyl (C=O) groups is 1. The number of nitrogens with zero attached hydrogens (tertiary/aromatic N) is 1. The van der Waals surface area contributed by atoms with Gasteiger partial charge in [0.15, 0.2) is 0 Å². The van der Waals surface area contributed by atoms with Crippen LogP contribution in [0.4, 0.5) is 0 Å². The van der Waals surface area contributed by atoms with E-state index in [1.165, 1.54) is 0 Å². The number of nitrogens with one attached hydrogen (secondary N) is 1. The van der Waals surface area contributed by atoms with Gasteiger partial charge in [0.2, 0.25) is 5.91 Å². The van der Waals surface area contributed by atoms with Gasteiger partial charge in [-0.1, -0.05) is 13.3 Å². The van der Waals surface area contributed by atoms with Gasteiger partial charge in [-0.25, -0.2) is 0 Å². The molecular weight excluding hydrogens is 319 g/mol. The zero-order chi connectivity index (χ0) is 16.1. The summed E-state index contributed by atoms with van der Waals surface area (Å²) in [6, 6.07) is 2.65. The van der Waals surface area contributed by atoms with Crippen LogP contribution in [0, 0.1) is 29.1 Å². The van der Waals surface area contributed by atoms with Crippen LogP contribution in [-0.4, -0.2) is 22.7 Å². The maximum Gasteiger partial charge on any atom is 0.220 e. The highest BCUT2D eigenvalue weighted by molar-refractivity contribution is 6.30. The first-order valence-electron chi connectivity index (χ1n) is 8.51. The smallest absolute Gasteiger partial charge is 0.220 e. The molecule has 1 saturated heterocycles. The van der Waals surface area contributed by atoms with E-state index in [1.807, 2.05) is 0 Å². The fraction of sp³-hybridized carbons (Fsp3) is 0.882. The van der Waals surface area contributed by atoms with Crippen LogP contribution in [-0.2, 0) is 4.79 Å². The van der Waals surface area contributed by atoms with E-state index in [0.29, 0.717) is 36.6 Å². The number of amides is 1. The summed E-state index contributed by atoms with van der Waals surface area (Å²) >= 11 is 13.0. The van der Waals surface area contributed by atoms with Crippen LogP contribution < -0.4 is 5.32 Å². The molecule has 6 atom stereocenters. The lowest BCUT2D eigenvalue weighted by atomic mass is 9.68. The van der Waals surface area contributed by atoms with Crippen molar-refractivity contribution in [3.05, 3.63) is 0 Å². The predicted octanol–water partition coefficient (Wildman–Crippen LogP) is 4.23.